The third-order valence-electron chi connectivity index (χ3n) is 4.77. The summed E-state index contributed by atoms with van der Waals surface area (Å²) >= 11 is 0. The van der Waals surface area contributed by atoms with Gasteiger partial charge in [0.15, 0.2) is 0 Å². The quantitative estimate of drug-likeness (QED) is 0.758. The van der Waals surface area contributed by atoms with Crippen molar-refractivity contribution in [3.8, 4) is 0 Å². The highest BCUT2D eigenvalue weighted by molar-refractivity contribution is 5.13. The van der Waals surface area contributed by atoms with Gasteiger partial charge in [0.25, 0.3) is 0 Å². The first kappa shape index (κ1) is 10.1. The van der Waals surface area contributed by atoms with E-state index in [9.17, 15) is 5.11 Å². The average molecular weight is 210 g/mol. The smallest absolute Gasteiger partial charge is 0.0735 e. The average Bonchev–Trinajstić information content (AvgIpc) is 2.87. The zero-order valence-electron chi connectivity index (χ0n) is 9.45. The van der Waals surface area contributed by atoms with Gasteiger partial charge < -0.3 is 9.84 Å². The fourth-order valence-electron chi connectivity index (χ4n) is 3.85. The van der Waals surface area contributed by atoms with Crippen molar-refractivity contribution < 1.29 is 9.84 Å². The topological polar surface area (TPSA) is 29.5 Å². The van der Waals surface area contributed by atoms with E-state index in [1.54, 1.807) is 0 Å². The van der Waals surface area contributed by atoms with Gasteiger partial charge in [-0.3, -0.25) is 0 Å². The van der Waals surface area contributed by atoms with Crippen LogP contribution in [0.25, 0.3) is 0 Å². The maximum absolute atomic E-state index is 10.6. The first-order valence-corrected chi connectivity index (χ1v) is 6.65. The van der Waals surface area contributed by atoms with Gasteiger partial charge in [-0.25, -0.2) is 0 Å². The van der Waals surface area contributed by atoms with Crippen LogP contribution in [0.3, 0.4) is 0 Å². The van der Waals surface area contributed by atoms with Gasteiger partial charge in [0.1, 0.15) is 0 Å². The second-order valence-electron chi connectivity index (χ2n) is 5.68. The fourth-order valence-corrected chi connectivity index (χ4v) is 3.85. The van der Waals surface area contributed by atoms with Gasteiger partial charge in [-0.1, -0.05) is 12.8 Å². The van der Waals surface area contributed by atoms with Crippen molar-refractivity contribution in [3.05, 3.63) is 0 Å². The van der Waals surface area contributed by atoms with Crippen molar-refractivity contribution in [2.75, 3.05) is 6.61 Å². The molecule has 2 nitrogen and oxygen atoms in total. The molecule has 3 fully saturated rings. The second kappa shape index (κ2) is 3.74. The highest BCUT2D eigenvalue weighted by Gasteiger charge is 2.63. The molecular weight excluding hydrogens is 188 g/mol. The molecule has 15 heavy (non-hydrogen) atoms. The largest absolute Gasteiger partial charge is 0.389 e. The third kappa shape index (κ3) is 1.72. The van der Waals surface area contributed by atoms with Crippen molar-refractivity contribution in [2.24, 2.45) is 11.8 Å². The lowest BCUT2D eigenvalue weighted by Gasteiger charge is -2.25. The molecule has 2 aliphatic carbocycles. The standard InChI is InChI=1S/C13H22O2/c14-13(9-10-5-3-4-8-15-10)11-6-1-2-7-12(11)13/h10-12,14H,1-9H2. The molecule has 1 saturated heterocycles. The summed E-state index contributed by atoms with van der Waals surface area (Å²) in [5, 5.41) is 10.6. The summed E-state index contributed by atoms with van der Waals surface area (Å²) in [5.41, 5.74) is -0.321. The number of ether oxygens (including phenoxy) is 1. The molecule has 0 bridgehead atoms. The van der Waals surface area contributed by atoms with Gasteiger partial charge in [-0.2, -0.15) is 0 Å². The number of rotatable bonds is 2. The molecule has 0 aromatic heterocycles. The van der Waals surface area contributed by atoms with E-state index in [1.807, 2.05) is 0 Å². The van der Waals surface area contributed by atoms with E-state index in [1.165, 1.54) is 44.9 Å². The van der Waals surface area contributed by atoms with Crippen LogP contribution >= 0.6 is 0 Å². The summed E-state index contributed by atoms with van der Waals surface area (Å²) in [7, 11) is 0. The van der Waals surface area contributed by atoms with Crippen LogP contribution < -0.4 is 0 Å². The third-order valence-corrected chi connectivity index (χ3v) is 4.77. The van der Waals surface area contributed by atoms with E-state index in [-0.39, 0.29) is 5.60 Å². The van der Waals surface area contributed by atoms with Gasteiger partial charge in [0.2, 0.25) is 0 Å². The molecule has 2 heteroatoms. The zero-order valence-corrected chi connectivity index (χ0v) is 9.45. The monoisotopic (exact) mass is 210 g/mol. The van der Waals surface area contributed by atoms with Gasteiger partial charge in [-0.15, -0.1) is 0 Å². The molecule has 2 saturated carbocycles. The Morgan fingerprint density at radius 3 is 2.27 bits per heavy atom. The summed E-state index contributed by atoms with van der Waals surface area (Å²) in [6.45, 7) is 0.913. The molecule has 0 aromatic carbocycles. The minimum absolute atomic E-state index is 0.321. The molecule has 3 unspecified atom stereocenters. The molecule has 3 atom stereocenters. The molecule has 0 spiro atoms. The maximum Gasteiger partial charge on any atom is 0.0735 e. The Morgan fingerprint density at radius 2 is 1.67 bits per heavy atom. The SMILES string of the molecule is OC1(CC2CCCCO2)C2CCCCC21. The number of fused-ring (bicyclic) bond motifs is 1. The summed E-state index contributed by atoms with van der Waals surface area (Å²) in [5.74, 6) is 1.24. The van der Waals surface area contributed by atoms with Crippen molar-refractivity contribution >= 4 is 0 Å². The number of aliphatic hydroxyl groups is 1. The van der Waals surface area contributed by atoms with E-state index in [4.69, 9.17) is 4.74 Å². The van der Waals surface area contributed by atoms with Crippen LogP contribution in [0.4, 0.5) is 0 Å². The Labute approximate surface area is 92.0 Å². The van der Waals surface area contributed by atoms with E-state index < -0.39 is 0 Å². The molecular formula is C13H22O2. The molecule has 3 aliphatic rings. The Bertz CT molecular complexity index is 221. The fraction of sp³-hybridized carbons (Fsp3) is 1.00. The van der Waals surface area contributed by atoms with Gasteiger partial charge in [0.05, 0.1) is 11.7 Å². The Kier molecular flexibility index (Phi) is 2.52. The Balaban J connectivity index is 1.58. The molecule has 1 heterocycles. The van der Waals surface area contributed by atoms with Crippen LogP contribution in [-0.2, 0) is 4.74 Å². The Morgan fingerprint density at radius 1 is 1.00 bits per heavy atom. The number of hydrogen-bond acceptors (Lipinski definition) is 2. The van der Waals surface area contributed by atoms with Crippen molar-refractivity contribution in [1.82, 2.24) is 0 Å². The summed E-state index contributed by atoms with van der Waals surface area (Å²) in [6.07, 6.45) is 10.1. The lowest BCUT2D eigenvalue weighted by Crippen LogP contribution is -2.27. The Hall–Kier alpha value is -0.0800. The molecule has 1 aliphatic heterocycles. The van der Waals surface area contributed by atoms with Crippen LogP contribution in [0.2, 0.25) is 0 Å². The van der Waals surface area contributed by atoms with E-state index in [2.05, 4.69) is 0 Å². The van der Waals surface area contributed by atoms with Crippen LogP contribution in [0.5, 0.6) is 0 Å². The van der Waals surface area contributed by atoms with E-state index in [0.717, 1.165) is 13.0 Å². The summed E-state index contributed by atoms with van der Waals surface area (Å²) in [6, 6.07) is 0. The minimum atomic E-state index is -0.321. The molecule has 1 N–H and O–H groups in total. The lowest BCUT2D eigenvalue weighted by atomic mass is 10.00. The first-order chi connectivity index (χ1) is 7.31. The zero-order chi connectivity index (χ0) is 10.3. The second-order valence-corrected chi connectivity index (χ2v) is 5.68. The van der Waals surface area contributed by atoms with Crippen LogP contribution in [0, 0.1) is 11.8 Å². The van der Waals surface area contributed by atoms with Crippen LogP contribution in [-0.4, -0.2) is 23.4 Å². The van der Waals surface area contributed by atoms with Gasteiger partial charge in [-0.05, 0) is 43.9 Å². The van der Waals surface area contributed by atoms with E-state index in [0.29, 0.717) is 17.9 Å². The predicted octanol–water partition coefficient (Wildman–Crippen LogP) is 2.50. The van der Waals surface area contributed by atoms with Gasteiger partial charge in [0, 0.05) is 13.0 Å². The lowest BCUT2D eigenvalue weighted by molar-refractivity contribution is -0.0289. The van der Waals surface area contributed by atoms with Crippen molar-refractivity contribution in [3.63, 3.8) is 0 Å². The van der Waals surface area contributed by atoms with Crippen molar-refractivity contribution in [1.29, 1.82) is 0 Å². The summed E-state index contributed by atoms with van der Waals surface area (Å²) < 4.78 is 5.74. The normalized spacial score (nSPS) is 49.8. The van der Waals surface area contributed by atoms with Crippen LogP contribution in [0.1, 0.15) is 51.4 Å². The molecule has 0 aromatic rings. The van der Waals surface area contributed by atoms with E-state index >= 15 is 0 Å². The molecule has 0 radical (unpaired) electrons. The summed E-state index contributed by atoms with van der Waals surface area (Å²) in [4.78, 5) is 0. The molecule has 0 amide bonds. The minimum Gasteiger partial charge on any atom is -0.389 e. The van der Waals surface area contributed by atoms with Crippen LogP contribution in [0.15, 0.2) is 0 Å². The highest BCUT2D eigenvalue weighted by atomic mass is 16.5. The first-order valence-electron chi connectivity index (χ1n) is 6.65. The number of hydrogen-bond donors (Lipinski definition) is 1. The highest BCUT2D eigenvalue weighted by Crippen LogP contribution is 2.61. The molecule has 3 rings (SSSR count). The predicted molar refractivity (Wildman–Crippen MR) is 58.6 cm³/mol. The van der Waals surface area contributed by atoms with Gasteiger partial charge >= 0.3 is 0 Å². The molecule has 86 valence electrons. The maximum atomic E-state index is 10.6. The van der Waals surface area contributed by atoms with Crippen molar-refractivity contribution in [2.45, 2.75) is 63.1 Å².